The number of aromatic nitrogens is 3. The molecule has 0 spiro atoms. The average Bonchev–Trinajstić information content (AvgIpc) is 3.22. The van der Waals surface area contributed by atoms with Crippen LogP contribution in [0.2, 0.25) is 0 Å². The number of anilines is 1. The molecule has 0 fully saturated rings. The third-order valence-corrected chi connectivity index (χ3v) is 5.29. The number of hydrogen-bond acceptors (Lipinski definition) is 5. The van der Waals surface area contributed by atoms with Crippen LogP contribution in [0.25, 0.3) is 5.69 Å². The quantitative estimate of drug-likeness (QED) is 0.633. The summed E-state index contributed by atoms with van der Waals surface area (Å²) < 4.78 is 1.72. The van der Waals surface area contributed by atoms with Gasteiger partial charge in [-0.25, -0.2) is 9.67 Å². The summed E-state index contributed by atoms with van der Waals surface area (Å²) in [5.74, 6) is -0.0231. The van der Waals surface area contributed by atoms with Crippen LogP contribution in [-0.2, 0) is 4.79 Å². The highest BCUT2D eigenvalue weighted by Crippen LogP contribution is 2.25. The molecule has 1 atom stereocenters. The number of nitrogens with zero attached hydrogens (tertiary/aromatic N) is 4. The zero-order valence-electron chi connectivity index (χ0n) is 15.7. The molecule has 1 aromatic heterocycles. The van der Waals surface area contributed by atoms with Crippen molar-refractivity contribution in [1.29, 1.82) is 0 Å². The highest BCUT2D eigenvalue weighted by Gasteiger charge is 2.16. The summed E-state index contributed by atoms with van der Waals surface area (Å²) in [6.45, 7) is 2.41. The second-order valence-corrected chi connectivity index (χ2v) is 7.12. The number of para-hydroxylation sites is 1. The van der Waals surface area contributed by atoms with Gasteiger partial charge in [0.2, 0.25) is 5.91 Å². The number of hydrogen-bond donors (Lipinski definition) is 1. The third kappa shape index (κ3) is 4.75. The number of benzene rings is 2. The fraction of sp³-hybridized carbons (Fsp3) is 0.250. The molecule has 1 amide bonds. The summed E-state index contributed by atoms with van der Waals surface area (Å²) in [5.41, 5.74) is 2.95. The van der Waals surface area contributed by atoms with E-state index in [0.717, 1.165) is 21.8 Å². The van der Waals surface area contributed by atoms with E-state index in [4.69, 9.17) is 0 Å². The fourth-order valence-corrected chi connectivity index (χ4v) is 3.36. The maximum Gasteiger partial charge on any atom is 0.238 e. The van der Waals surface area contributed by atoms with Gasteiger partial charge in [0.15, 0.2) is 0 Å². The molecule has 1 unspecified atom stereocenters. The molecule has 0 bridgehead atoms. The molecule has 140 valence electrons. The van der Waals surface area contributed by atoms with Crippen molar-refractivity contribution in [2.45, 2.75) is 17.9 Å². The maximum atomic E-state index is 12.5. The van der Waals surface area contributed by atoms with E-state index in [1.807, 2.05) is 54.6 Å². The van der Waals surface area contributed by atoms with E-state index < -0.39 is 0 Å². The first-order valence-electron chi connectivity index (χ1n) is 8.66. The largest absolute Gasteiger partial charge is 0.324 e. The van der Waals surface area contributed by atoms with E-state index in [9.17, 15) is 4.79 Å². The van der Waals surface area contributed by atoms with Crippen LogP contribution in [0.5, 0.6) is 0 Å². The lowest BCUT2D eigenvalue weighted by atomic mass is 10.1. The molecule has 0 aliphatic heterocycles. The number of carbonyl (C=O) groups excluding carboxylic acids is 1. The molecule has 27 heavy (non-hydrogen) atoms. The second kappa shape index (κ2) is 8.83. The molecule has 1 N–H and O–H groups in total. The monoisotopic (exact) mass is 381 g/mol. The van der Waals surface area contributed by atoms with Crippen LogP contribution in [0.1, 0.15) is 18.5 Å². The smallest absolute Gasteiger partial charge is 0.238 e. The lowest BCUT2D eigenvalue weighted by Gasteiger charge is -2.25. The molecular formula is C20H23N5OS. The number of nitrogens with one attached hydrogen (secondary N) is 1. The first kappa shape index (κ1) is 19.1. The van der Waals surface area contributed by atoms with Crippen molar-refractivity contribution < 1.29 is 4.79 Å². The van der Waals surface area contributed by atoms with E-state index in [0.29, 0.717) is 6.54 Å². The van der Waals surface area contributed by atoms with E-state index in [2.05, 4.69) is 34.5 Å². The highest BCUT2D eigenvalue weighted by molar-refractivity contribution is 7.98. The van der Waals surface area contributed by atoms with E-state index in [-0.39, 0.29) is 11.9 Å². The SMILES string of the molecule is CSc1ccccc1NC(=O)CN(C)C(C)c1ccc(-n2cncn2)cc1. The topological polar surface area (TPSA) is 63.1 Å². The Kier molecular flexibility index (Phi) is 6.26. The maximum absolute atomic E-state index is 12.5. The van der Waals surface area contributed by atoms with Gasteiger partial charge < -0.3 is 5.32 Å². The second-order valence-electron chi connectivity index (χ2n) is 6.27. The van der Waals surface area contributed by atoms with Crippen molar-refractivity contribution in [1.82, 2.24) is 19.7 Å². The van der Waals surface area contributed by atoms with Gasteiger partial charge in [0.1, 0.15) is 12.7 Å². The first-order chi connectivity index (χ1) is 13.1. The Morgan fingerprint density at radius 3 is 2.63 bits per heavy atom. The summed E-state index contributed by atoms with van der Waals surface area (Å²) in [6.07, 6.45) is 5.18. The van der Waals surface area contributed by atoms with E-state index in [1.54, 1.807) is 22.8 Å². The molecule has 1 heterocycles. The van der Waals surface area contributed by atoms with Crippen molar-refractivity contribution in [2.24, 2.45) is 0 Å². The number of thioether (sulfide) groups is 1. The molecule has 0 saturated carbocycles. The van der Waals surface area contributed by atoms with Gasteiger partial charge >= 0.3 is 0 Å². The van der Waals surface area contributed by atoms with Crippen molar-refractivity contribution in [2.75, 3.05) is 25.2 Å². The zero-order valence-corrected chi connectivity index (χ0v) is 16.5. The molecule has 3 aromatic rings. The fourth-order valence-electron chi connectivity index (χ4n) is 2.80. The minimum Gasteiger partial charge on any atom is -0.324 e. The standard InChI is InChI=1S/C20H23N5OS/c1-15(16-8-10-17(11-9-16)25-14-21-13-22-25)24(2)12-20(26)23-18-6-4-5-7-19(18)27-3/h4-11,13-15H,12H2,1-3H3,(H,23,26). The summed E-state index contributed by atoms with van der Waals surface area (Å²) in [6, 6.07) is 16.1. The average molecular weight is 382 g/mol. The normalized spacial score (nSPS) is 12.1. The van der Waals surface area contributed by atoms with Crippen LogP contribution in [0.3, 0.4) is 0 Å². The molecule has 2 aromatic carbocycles. The predicted molar refractivity (Wildman–Crippen MR) is 109 cm³/mol. The molecule has 3 rings (SSSR count). The van der Waals surface area contributed by atoms with E-state index in [1.165, 1.54) is 6.33 Å². The minimum atomic E-state index is -0.0231. The van der Waals surface area contributed by atoms with Crippen molar-refractivity contribution in [3.05, 3.63) is 66.7 Å². The van der Waals surface area contributed by atoms with Crippen LogP contribution in [0.4, 0.5) is 5.69 Å². The van der Waals surface area contributed by atoms with Crippen molar-refractivity contribution in [3.8, 4) is 5.69 Å². The van der Waals surface area contributed by atoms with Gasteiger partial charge in [-0.1, -0.05) is 24.3 Å². The number of amides is 1. The third-order valence-electron chi connectivity index (χ3n) is 4.49. The molecule has 0 aliphatic rings. The Bertz CT molecular complexity index is 880. The predicted octanol–water partition coefficient (Wildman–Crippen LogP) is 3.62. The Morgan fingerprint density at radius 1 is 1.22 bits per heavy atom. The Hall–Kier alpha value is -2.64. The van der Waals surface area contributed by atoms with Crippen LogP contribution in [-0.4, -0.2) is 45.4 Å². The van der Waals surface area contributed by atoms with Crippen LogP contribution in [0, 0.1) is 0 Å². The molecule has 0 radical (unpaired) electrons. The number of carbonyl (C=O) groups is 1. The van der Waals surface area contributed by atoms with E-state index >= 15 is 0 Å². The van der Waals surface area contributed by atoms with Gasteiger partial charge in [-0.05, 0) is 50.1 Å². The molecular weight excluding hydrogens is 358 g/mol. The van der Waals surface area contributed by atoms with Gasteiger partial charge in [0, 0.05) is 10.9 Å². The molecule has 0 aliphatic carbocycles. The summed E-state index contributed by atoms with van der Waals surface area (Å²) in [4.78, 5) is 19.5. The lowest BCUT2D eigenvalue weighted by Crippen LogP contribution is -2.32. The number of rotatable bonds is 7. The first-order valence-corrected chi connectivity index (χ1v) is 9.89. The van der Waals surface area contributed by atoms with Crippen LogP contribution < -0.4 is 5.32 Å². The summed E-state index contributed by atoms with van der Waals surface area (Å²) in [7, 11) is 1.95. The molecule has 7 heteroatoms. The van der Waals surface area contributed by atoms with Crippen molar-refractivity contribution in [3.63, 3.8) is 0 Å². The van der Waals surface area contributed by atoms with Gasteiger partial charge in [0.25, 0.3) is 0 Å². The Morgan fingerprint density at radius 2 is 1.96 bits per heavy atom. The Balaban J connectivity index is 1.61. The molecule has 0 saturated heterocycles. The van der Waals surface area contributed by atoms with Gasteiger partial charge in [-0.15, -0.1) is 11.8 Å². The number of likely N-dealkylation sites (N-methyl/N-ethyl adjacent to an activating group) is 1. The van der Waals surface area contributed by atoms with Crippen LogP contribution in [0.15, 0.2) is 66.1 Å². The van der Waals surface area contributed by atoms with Crippen molar-refractivity contribution >= 4 is 23.4 Å². The zero-order chi connectivity index (χ0) is 19.2. The Labute approximate surface area is 163 Å². The van der Waals surface area contributed by atoms with Gasteiger partial charge in [0.05, 0.1) is 17.9 Å². The lowest BCUT2D eigenvalue weighted by molar-refractivity contribution is -0.117. The van der Waals surface area contributed by atoms with Crippen LogP contribution >= 0.6 is 11.8 Å². The van der Waals surface area contributed by atoms with Gasteiger partial charge in [-0.2, -0.15) is 5.10 Å². The van der Waals surface area contributed by atoms with Gasteiger partial charge in [-0.3, -0.25) is 9.69 Å². The highest BCUT2D eigenvalue weighted by atomic mass is 32.2. The summed E-state index contributed by atoms with van der Waals surface area (Å²) in [5, 5.41) is 7.14. The molecule has 6 nitrogen and oxygen atoms in total. The minimum absolute atomic E-state index is 0.0231. The summed E-state index contributed by atoms with van der Waals surface area (Å²) >= 11 is 1.62.